The van der Waals surface area contributed by atoms with Crippen molar-refractivity contribution in [1.29, 1.82) is 0 Å². The molecule has 0 aliphatic heterocycles. The van der Waals surface area contributed by atoms with E-state index in [-0.39, 0.29) is 0 Å². The minimum atomic E-state index is -0.474. The summed E-state index contributed by atoms with van der Waals surface area (Å²) >= 11 is 0. The highest BCUT2D eigenvalue weighted by Crippen LogP contribution is 2.14. The Morgan fingerprint density at radius 1 is 0.786 bits per heavy atom. The van der Waals surface area contributed by atoms with E-state index in [0.717, 1.165) is 19.6 Å². The highest BCUT2D eigenvalue weighted by Gasteiger charge is 2.36. The Kier molecular flexibility index (Phi) is 5.59. The zero-order chi connectivity index (χ0) is 11.4. The normalized spacial score (nSPS) is 13.3. The van der Waals surface area contributed by atoms with Crippen LogP contribution in [-0.4, -0.2) is 61.4 Å². The SMILES string of the molecule is CCN(C)C(N)(N(C)CC)N(C)CC. The van der Waals surface area contributed by atoms with Gasteiger partial charge < -0.3 is 0 Å². The molecule has 0 spiro atoms. The fraction of sp³-hybridized carbons (Fsp3) is 1.00. The molecule has 4 heteroatoms. The van der Waals surface area contributed by atoms with Crippen LogP contribution in [0.15, 0.2) is 0 Å². The predicted octanol–water partition coefficient (Wildman–Crippen LogP) is 0.412. The van der Waals surface area contributed by atoms with Gasteiger partial charge in [-0.25, -0.2) is 0 Å². The Bertz CT molecular complexity index is 134. The molecular weight excluding hydrogens is 176 g/mol. The second-order valence-electron chi connectivity index (χ2n) is 3.73. The van der Waals surface area contributed by atoms with Crippen LogP contribution in [0.1, 0.15) is 20.8 Å². The van der Waals surface area contributed by atoms with Gasteiger partial charge in [0.15, 0.2) is 5.91 Å². The summed E-state index contributed by atoms with van der Waals surface area (Å²) in [5.74, 6) is -0.474. The third kappa shape index (κ3) is 2.45. The zero-order valence-electron chi connectivity index (χ0n) is 10.5. The first-order valence-electron chi connectivity index (χ1n) is 5.37. The van der Waals surface area contributed by atoms with E-state index in [1.807, 2.05) is 0 Å². The van der Waals surface area contributed by atoms with Crippen LogP contribution in [0.5, 0.6) is 0 Å². The van der Waals surface area contributed by atoms with Crippen molar-refractivity contribution in [1.82, 2.24) is 14.7 Å². The van der Waals surface area contributed by atoms with Gasteiger partial charge >= 0.3 is 0 Å². The molecule has 0 saturated heterocycles. The molecule has 0 fully saturated rings. The van der Waals surface area contributed by atoms with Crippen LogP contribution < -0.4 is 5.73 Å². The molecule has 4 nitrogen and oxygen atoms in total. The number of hydrogen-bond donors (Lipinski definition) is 1. The maximum atomic E-state index is 6.44. The van der Waals surface area contributed by atoms with Crippen molar-refractivity contribution in [3.63, 3.8) is 0 Å². The van der Waals surface area contributed by atoms with E-state index < -0.39 is 5.91 Å². The van der Waals surface area contributed by atoms with Crippen LogP contribution in [0, 0.1) is 0 Å². The predicted molar refractivity (Wildman–Crippen MR) is 61.8 cm³/mol. The summed E-state index contributed by atoms with van der Waals surface area (Å²) in [6.07, 6.45) is 0. The molecule has 0 rings (SSSR count). The number of nitrogens with two attached hydrogens (primary N) is 1. The summed E-state index contributed by atoms with van der Waals surface area (Å²) in [4.78, 5) is 6.46. The molecule has 0 unspecified atom stereocenters. The Balaban J connectivity index is 4.83. The van der Waals surface area contributed by atoms with Gasteiger partial charge in [0.1, 0.15) is 0 Å². The number of nitrogens with zero attached hydrogens (tertiary/aromatic N) is 3. The molecule has 14 heavy (non-hydrogen) atoms. The van der Waals surface area contributed by atoms with Gasteiger partial charge in [0.05, 0.1) is 0 Å². The molecule has 2 N–H and O–H groups in total. The van der Waals surface area contributed by atoms with Crippen LogP contribution in [0.2, 0.25) is 0 Å². The first-order valence-corrected chi connectivity index (χ1v) is 5.37. The molecule has 0 aromatic rings. The maximum absolute atomic E-state index is 6.44. The molecule has 0 aromatic heterocycles. The van der Waals surface area contributed by atoms with Gasteiger partial charge in [0.2, 0.25) is 0 Å². The minimum Gasteiger partial charge on any atom is -0.287 e. The first-order chi connectivity index (χ1) is 6.44. The van der Waals surface area contributed by atoms with E-state index >= 15 is 0 Å². The van der Waals surface area contributed by atoms with Crippen molar-refractivity contribution in [3.05, 3.63) is 0 Å². The molecule has 0 aliphatic carbocycles. The highest BCUT2D eigenvalue weighted by molar-refractivity contribution is 4.79. The first kappa shape index (κ1) is 13.8. The molecule has 0 amide bonds. The number of rotatable bonds is 6. The summed E-state index contributed by atoms with van der Waals surface area (Å²) in [6, 6.07) is 0. The molecule has 86 valence electrons. The van der Waals surface area contributed by atoms with E-state index in [9.17, 15) is 0 Å². The Morgan fingerprint density at radius 2 is 1.00 bits per heavy atom. The van der Waals surface area contributed by atoms with Gasteiger partial charge in [-0.3, -0.25) is 20.4 Å². The Morgan fingerprint density at radius 3 is 1.14 bits per heavy atom. The van der Waals surface area contributed by atoms with E-state index in [1.165, 1.54) is 0 Å². The quantitative estimate of drug-likeness (QED) is 0.633. The lowest BCUT2D eigenvalue weighted by Crippen LogP contribution is -2.72. The topological polar surface area (TPSA) is 35.7 Å². The van der Waals surface area contributed by atoms with Gasteiger partial charge in [-0.05, 0) is 40.8 Å². The Labute approximate surface area is 88.6 Å². The van der Waals surface area contributed by atoms with Gasteiger partial charge in [-0.15, -0.1) is 0 Å². The van der Waals surface area contributed by atoms with Gasteiger partial charge in [0, 0.05) is 0 Å². The summed E-state index contributed by atoms with van der Waals surface area (Å²) < 4.78 is 0. The zero-order valence-corrected chi connectivity index (χ0v) is 10.5. The smallest absolute Gasteiger partial charge is 0.185 e. The van der Waals surface area contributed by atoms with Crippen LogP contribution in [-0.2, 0) is 0 Å². The standard InChI is InChI=1S/C10H26N4/c1-7-12(4)10(11,13(5)8-2)14(6)9-3/h7-9,11H2,1-6H3. The summed E-state index contributed by atoms with van der Waals surface area (Å²) in [6.45, 7) is 9.17. The average Bonchev–Trinajstić information content (AvgIpc) is 2.24. The summed E-state index contributed by atoms with van der Waals surface area (Å²) in [5.41, 5.74) is 6.44. The van der Waals surface area contributed by atoms with E-state index in [2.05, 4.69) is 56.6 Å². The largest absolute Gasteiger partial charge is 0.287 e. The van der Waals surface area contributed by atoms with Gasteiger partial charge in [-0.2, -0.15) is 0 Å². The molecular formula is C10H26N4. The second-order valence-corrected chi connectivity index (χ2v) is 3.73. The van der Waals surface area contributed by atoms with Crippen LogP contribution in [0.25, 0.3) is 0 Å². The van der Waals surface area contributed by atoms with Crippen molar-refractivity contribution < 1.29 is 0 Å². The molecule has 0 saturated carbocycles. The van der Waals surface area contributed by atoms with E-state index in [1.54, 1.807) is 0 Å². The van der Waals surface area contributed by atoms with Crippen LogP contribution in [0.4, 0.5) is 0 Å². The molecule has 0 bridgehead atoms. The monoisotopic (exact) mass is 202 g/mol. The van der Waals surface area contributed by atoms with Crippen molar-refractivity contribution >= 4 is 0 Å². The lowest BCUT2D eigenvalue weighted by molar-refractivity contribution is -0.131. The third-order valence-electron chi connectivity index (χ3n) is 3.11. The minimum absolute atomic E-state index is 0.474. The van der Waals surface area contributed by atoms with Gasteiger partial charge in [0.25, 0.3) is 0 Å². The third-order valence-corrected chi connectivity index (χ3v) is 3.11. The van der Waals surface area contributed by atoms with Crippen molar-refractivity contribution in [2.75, 3.05) is 40.8 Å². The lowest BCUT2D eigenvalue weighted by Gasteiger charge is -2.49. The van der Waals surface area contributed by atoms with Crippen LogP contribution >= 0.6 is 0 Å². The molecule has 0 atom stereocenters. The lowest BCUT2D eigenvalue weighted by atomic mass is 10.3. The highest BCUT2D eigenvalue weighted by atomic mass is 15.6. The molecule has 0 aromatic carbocycles. The molecule has 0 radical (unpaired) electrons. The summed E-state index contributed by atoms with van der Waals surface area (Å²) in [7, 11) is 6.16. The van der Waals surface area contributed by atoms with E-state index in [0.29, 0.717) is 0 Å². The number of hydrogen-bond acceptors (Lipinski definition) is 4. The van der Waals surface area contributed by atoms with Crippen molar-refractivity contribution in [2.45, 2.75) is 26.7 Å². The van der Waals surface area contributed by atoms with E-state index in [4.69, 9.17) is 5.73 Å². The second kappa shape index (κ2) is 5.66. The van der Waals surface area contributed by atoms with Gasteiger partial charge in [-0.1, -0.05) is 20.8 Å². The molecule has 0 heterocycles. The maximum Gasteiger partial charge on any atom is 0.185 e. The summed E-state index contributed by atoms with van der Waals surface area (Å²) in [5, 5.41) is 0. The van der Waals surface area contributed by atoms with Crippen molar-refractivity contribution in [3.8, 4) is 0 Å². The fourth-order valence-electron chi connectivity index (χ4n) is 1.57. The fourth-order valence-corrected chi connectivity index (χ4v) is 1.57. The molecule has 0 aliphatic rings. The van der Waals surface area contributed by atoms with Crippen LogP contribution in [0.3, 0.4) is 0 Å². The van der Waals surface area contributed by atoms with Crippen molar-refractivity contribution in [2.24, 2.45) is 5.73 Å². The average molecular weight is 202 g/mol. The Hall–Kier alpha value is -0.160.